The molecule has 3 heterocycles. The molecule has 2 aromatic carbocycles. The molecular weight excluding hydrogens is 574 g/mol. The minimum atomic E-state index is -4.54. The summed E-state index contributed by atoms with van der Waals surface area (Å²) >= 11 is 0. The molecule has 1 N–H and O–H groups in total. The third-order valence-electron chi connectivity index (χ3n) is 8.64. The molecule has 0 atom stereocenters. The van der Waals surface area contributed by atoms with Crippen molar-refractivity contribution in [3.05, 3.63) is 100 Å². The van der Waals surface area contributed by atoms with Crippen LogP contribution in [-0.2, 0) is 12.7 Å². The van der Waals surface area contributed by atoms with Crippen LogP contribution in [0.2, 0.25) is 0 Å². The van der Waals surface area contributed by atoms with E-state index in [1.165, 1.54) is 47.9 Å². The van der Waals surface area contributed by atoms with Crippen molar-refractivity contribution in [3.8, 4) is 0 Å². The highest BCUT2D eigenvalue weighted by Crippen LogP contribution is 2.36. The lowest BCUT2D eigenvalue weighted by Gasteiger charge is -2.25. The third kappa shape index (κ3) is 6.00. The Hall–Kier alpha value is -4.41. The Morgan fingerprint density at radius 3 is 2.52 bits per heavy atom. The van der Waals surface area contributed by atoms with Crippen molar-refractivity contribution in [3.63, 3.8) is 0 Å². The van der Waals surface area contributed by atoms with Crippen LogP contribution < -0.4 is 10.2 Å². The molecule has 1 saturated heterocycles. The van der Waals surface area contributed by atoms with E-state index in [9.17, 15) is 22.8 Å². The van der Waals surface area contributed by atoms with Gasteiger partial charge < -0.3 is 15.1 Å². The fraction of sp³-hybridized carbons (Fsp3) is 0.364. The Labute approximate surface area is 252 Å². The normalized spacial score (nSPS) is 16.1. The standard InChI is InChI=1S/C33H33F4N5O2/c1-21-30(42-14-11-24(19-29(42)39-21)23-5-2-6-23)31(43)38-20-22-9-10-28(27(34)17-22)40-12-4-13-41(16-15-40)32(44)25-7-3-8-26(18-25)33(35,36)37/h3,7-11,14,17-19,23H,2,4-6,12-13,15-16,20H2,1H3,(H,38,43). The van der Waals surface area contributed by atoms with Gasteiger partial charge in [-0.25, -0.2) is 9.37 Å². The average molecular weight is 608 g/mol. The van der Waals surface area contributed by atoms with Gasteiger partial charge in [-0.3, -0.25) is 14.0 Å². The second-order valence-corrected chi connectivity index (χ2v) is 11.5. The van der Waals surface area contributed by atoms with E-state index in [0.29, 0.717) is 54.6 Å². The van der Waals surface area contributed by atoms with Crippen molar-refractivity contribution in [1.29, 1.82) is 0 Å². The predicted octanol–water partition coefficient (Wildman–Crippen LogP) is 6.35. The summed E-state index contributed by atoms with van der Waals surface area (Å²) in [5.74, 6) is -0.672. The maximum atomic E-state index is 15.3. The second kappa shape index (κ2) is 11.9. The number of nitrogens with zero attached hydrogens (tertiary/aromatic N) is 4. The van der Waals surface area contributed by atoms with Crippen molar-refractivity contribution >= 4 is 23.1 Å². The summed E-state index contributed by atoms with van der Waals surface area (Å²) in [5.41, 5.74) is 3.12. The molecule has 2 fully saturated rings. The van der Waals surface area contributed by atoms with E-state index in [1.807, 2.05) is 23.2 Å². The van der Waals surface area contributed by atoms with Crippen molar-refractivity contribution in [1.82, 2.24) is 19.6 Å². The summed E-state index contributed by atoms with van der Waals surface area (Å²) in [5, 5.41) is 2.88. The van der Waals surface area contributed by atoms with Crippen LogP contribution >= 0.6 is 0 Å². The topological polar surface area (TPSA) is 70.0 Å². The summed E-state index contributed by atoms with van der Waals surface area (Å²) in [6.45, 7) is 3.33. The first-order valence-corrected chi connectivity index (χ1v) is 14.8. The van der Waals surface area contributed by atoms with Crippen LogP contribution in [0.15, 0.2) is 60.8 Å². The molecule has 6 rings (SSSR count). The molecule has 11 heteroatoms. The smallest absolute Gasteiger partial charge is 0.367 e. The summed E-state index contributed by atoms with van der Waals surface area (Å²) in [6.07, 6.45) is 1.48. The molecule has 1 aliphatic heterocycles. The fourth-order valence-electron chi connectivity index (χ4n) is 6.00. The van der Waals surface area contributed by atoms with Gasteiger partial charge in [0.05, 0.1) is 16.9 Å². The molecule has 0 radical (unpaired) electrons. The van der Waals surface area contributed by atoms with Gasteiger partial charge in [0.1, 0.15) is 17.2 Å². The number of aromatic nitrogens is 2. The van der Waals surface area contributed by atoms with Crippen LogP contribution in [0.1, 0.15) is 74.8 Å². The minimum Gasteiger partial charge on any atom is -0.367 e. The Kier molecular flexibility index (Phi) is 8.04. The monoisotopic (exact) mass is 607 g/mol. The highest BCUT2D eigenvalue weighted by Gasteiger charge is 2.32. The number of hydrogen-bond acceptors (Lipinski definition) is 4. The molecule has 1 saturated carbocycles. The molecule has 7 nitrogen and oxygen atoms in total. The van der Waals surface area contributed by atoms with Gasteiger partial charge in [0.2, 0.25) is 0 Å². The molecule has 4 aromatic rings. The van der Waals surface area contributed by atoms with E-state index in [0.717, 1.165) is 17.8 Å². The molecule has 0 spiro atoms. The number of carbonyl (C=O) groups is 2. The lowest BCUT2D eigenvalue weighted by Crippen LogP contribution is -2.35. The van der Waals surface area contributed by atoms with Gasteiger partial charge in [0.15, 0.2) is 0 Å². The number of aryl methyl sites for hydroxylation is 1. The highest BCUT2D eigenvalue weighted by atomic mass is 19.4. The molecule has 44 heavy (non-hydrogen) atoms. The van der Waals surface area contributed by atoms with E-state index >= 15 is 4.39 Å². The molecule has 2 amide bonds. The van der Waals surface area contributed by atoms with E-state index < -0.39 is 23.5 Å². The summed E-state index contributed by atoms with van der Waals surface area (Å²) in [6, 6.07) is 13.3. The largest absolute Gasteiger partial charge is 0.416 e. The van der Waals surface area contributed by atoms with Crippen molar-refractivity contribution in [2.45, 2.75) is 51.2 Å². The van der Waals surface area contributed by atoms with Crippen molar-refractivity contribution in [2.75, 3.05) is 31.1 Å². The van der Waals surface area contributed by atoms with Gasteiger partial charge in [0, 0.05) is 44.5 Å². The first-order valence-electron chi connectivity index (χ1n) is 14.8. The number of fused-ring (bicyclic) bond motifs is 1. The van der Waals surface area contributed by atoms with Crippen LogP contribution in [0.5, 0.6) is 0 Å². The van der Waals surface area contributed by atoms with Crippen LogP contribution in [0.4, 0.5) is 23.2 Å². The molecule has 1 aliphatic carbocycles. The number of nitrogens with one attached hydrogen (secondary N) is 1. The maximum absolute atomic E-state index is 15.3. The van der Waals surface area contributed by atoms with Crippen molar-refractivity contribution < 1.29 is 27.2 Å². The molecule has 2 aliphatic rings. The van der Waals surface area contributed by atoms with E-state index in [2.05, 4.69) is 10.3 Å². The Morgan fingerprint density at radius 1 is 0.977 bits per heavy atom. The molecular formula is C33H33F4N5O2. The van der Waals surface area contributed by atoms with Gasteiger partial charge in [-0.15, -0.1) is 0 Å². The lowest BCUT2D eigenvalue weighted by molar-refractivity contribution is -0.137. The second-order valence-electron chi connectivity index (χ2n) is 11.5. The Bertz CT molecular complexity index is 1710. The van der Waals surface area contributed by atoms with Gasteiger partial charge in [-0.2, -0.15) is 13.2 Å². The summed E-state index contributed by atoms with van der Waals surface area (Å²) in [4.78, 5) is 34.0. The van der Waals surface area contributed by atoms with Crippen LogP contribution in [-0.4, -0.2) is 52.3 Å². The molecule has 230 valence electrons. The number of carbonyl (C=O) groups excluding carboxylic acids is 2. The predicted molar refractivity (Wildman–Crippen MR) is 158 cm³/mol. The first kappa shape index (κ1) is 29.7. The number of rotatable bonds is 6. The number of halogens is 4. The van der Waals surface area contributed by atoms with Gasteiger partial charge in [-0.05, 0) is 85.7 Å². The number of imidazole rings is 1. The zero-order valence-electron chi connectivity index (χ0n) is 24.3. The number of alkyl halides is 3. The zero-order valence-corrected chi connectivity index (χ0v) is 24.3. The minimum absolute atomic E-state index is 0.0246. The summed E-state index contributed by atoms with van der Waals surface area (Å²) < 4.78 is 56.5. The van der Waals surface area contributed by atoms with Crippen LogP contribution in [0, 0.1) is 12.7 Å². The van der Waals surface area contributed by atoms with Crippen LogP contribution in [0.3, 0.4) is 0 Å². The molecule has 0 unspecified atom stereocenters. The van der Waals surface area contributed by atoms with E-state index in [-0.39, 0.29) is 24.6 Å². The fourth-order valence-corrected chi connectivity index (χ4v) is 6.00. The number of benzene rings is 2. The van der Waals surface area contributed by atoms with E-state index in [4.69, 9.17) is 0 Å². The first-order chi connectivity index (χ1) is 21.1. The molecule has 2 aromatic heterocycles. The van der Waals surface area contributed by atoms with E-state index in [1.54, 1.807) is 23.5 Å². The SMILES string of the molecule is Cc1nc2cc(C3CCC3)ccn2c1C(=O)NCc1ccc(N2CCCN(C(=O)c3cccc(C(F)(F)F)c3)CC2)c(F)c1. The number of amides is 2. The van der Waals surface area contributed by atoms with Crippen LogP contribution in [0.25, 0.3) is 5.65 Å². The Balaban J connectivity index is 1.08. The third-order valence-corrected chi connectivity index (χ3v) is 8.64. The van der Waals surface area contributed by atoms with Gasteiger partial charge >= 0.3 is 6.18 Å². The molecule has 0 bridgehead atoms. The average Bonchev–Trinajstić information content (AvgIpc) is 3.11. The highest BCUT2D eigenvalue weighted by molar-refractivity contribution is 5.95. The number of pyridine rings is 1. The number of anilines is 1. The van der Waals surface area contributed by atoms with Gasteiger partial charge in [-0.1, -0.05) is 18.6 Å². The summed E-state index contributed by atoms with van der Waals surface area (Å²) in [7, 11) is 0. The number of hydrogen-bond donors (Lipinski definition) is 1. The van der Waals surface area contributed by atoms with Gasteiger partial charge in [0.25, 0.3) is 11.8 Å². The lowest BCUT2D eigenvalue weighted by atomic mass is 9.80. The Morgan fingerprint density at radius 2 is 1.80 bits per heavy atom. The quantitative estimate of drug-likeness (QED) is 0.260. The maximum Gasteiger partial charge on any atom is 0.416 e. The van der Waals surface area contributed by atoms with Crippen molar-refractivity contribution in [2.24, 2.45) is 0 Å². The zero-order chi connectivity index (χ0) is 31.0.